The molecule has 1 aromatic heterocycles. The van der Waals surface area contributed by atoms with E-state index in [0.29, 0.717) is 6.42 Å². The van der Waals surface area contributed by atoms with Gasteiger partial charge in [0.25, 0.3) is 0 Å². The number of nitrogens with zero attached hydrogens (tertiary/aromatic N) is 1. The molecule has 2 nitrogen and oxygen atoms in total. The summed E-state index contributed by atoms with van der Waals surface area (Å²) in [6, 6.07) is 12.3. The molecule has 31 heavy (non-hydrogen) atoms. The van der Waals surface area contributed by atoms with E-state index in [1.54, 1.807) is 0 Å². The number of pyridine rings is 1. The van der Waals surface area contributed by atoms with Crippen LogP contribution in [0.3, 0.4) is 0 Å². The van der Waals surface area contributed by atoms with Crippen molar-refractivity contribution in [3.63, 3.8) is 0 Å². The molecule has 2 aromatic rings. The molecule has 0 spiro atoms. The number of Topliss-reactive ketones (excluding diaryl/α,β-unsaturated/α-hetero) is 1. The molecule has 1 heterocycles. The molecular weight excluding hydrogens is 378 g/mol. The number of unbranched alkanes of at least 4 members (excludes halogenated alkanes) is 7. The Labute approximate surface area is 190 Å². The van der Waals surface area contributed by atoms with Crippen molar-refractivity contribution in [3.8, 4) is 11.3 Å². The summed E-state index contributed by atoms with van der Waals surface area (Å²) in [4.78, 5) is 17.1. The first-order chi connectivity index (χ1) is 15.1. The van der Waals surface area contributed by atoms with Crippen molar-refractivity contribution >= 4 is 5.78 Å². The summed E-state index contributed by atoms with van der Waals surface area (Å²) in [7, 11) is 0. The molecule has 170 valence electrons. The highest BCUT2D eigenvalue weighted by Gasteiger charge is 2.08. The highest BCUT2D eigenvalue weighted by molar-refractivity contribution is 5.96. The number of aryl methyl sites for hydroxylation is 1. The number of carbonyl (C=O) groups is 1. The van der Waals surface area contributed by atoms with E-state index in [1.165, 1.54) is 63.4 Å². The molecule has 1 unspecified atom stereocenters. The third-order valence-electron chi connectivity index (χ3n) is 6.44. The first-order valence-corrected chi connectivity index (χ1v) is 12.7. The van der Waals surface area contributed by atoms with Gasteiger partial charge in [-0.25, -0.2) is 0 Å². The molecule has 0 radical (unpaired) electrons. The van der Waals surface area contributed by atoms with Crippen molar-refractivity contribution in [1.82, 2.24) is 4.98 Å². The van der Waals surface area contributed by atoms with Gasteiger partial charge >= 0.3 is 0 Å². The zero-order valence-corrected chi connectivity index (χ0v) is 20.2. The van der Waals surface area contributed by atoms with E-state index in [1.807, 2.05) is 30.5 Å². The second kappa shape index (κ2) is 14.9. The number of benzene rings is 1. The van der Waals surface area contributed by atoms with Gasteiger partial charge in [-0.2, -0.15) is 0 Å². The van der Waals surface area contributed by atoms with E-state index in [-0.39, 0.29) is 5.78 Å². The lowest BCUT2D eigenvalue weighted by Crippen LogP contribution is -2.00. The largest absolute Gasteiger partial charge is 0.294 e. The average molecular weight is 422 g/mol. The van der Waals surface area contributed by atoms with E-state index in [4.69, 9.17) is 0 Å². The number of aromatic nitrogens is 1. The van der Waals surface area contributed by atoms with Gasteiger partial charge in [-0.15, -0.1) is 0 Å². The highest BCUT2D eigenvalue weighted by atomic mass is 16.1. The molecule has 2 rings (SSSR count). The minimum absolute atomic E-state index is 0.258. The summed E-state index contributed by atoms with van der Waals surface area (Å²) in [5, 5.41) is 0. The van der Waals surface area contributed by atoms with Crippen molar-refractivity contribution in [2.24, 2.45) is 5.92 Å². The summed E-state index contributed by atoms with van der Waals surface area (Å²) in [6.07, 6.45) is 17.8. The normalized spacial score (nSPS) is 12.1. The SMILES string of the molecule is CCCCCCCCCc1ccc(-c2ccc(C(=O)CCCCC(C)CC)cc2)nc1. The Morgan fingerprint density at radius 3 is 2.19 bits per heavy atom. The Balaban J connectivity index is 1.74. The van der Waals surface area contributed by atoms with Crippen molar-refractivity contribution in [1.29, 1.82) is 0 Å². The summed E-state index contributed by atoms with van der Waals surface area (Å²) in [6.45, 7) is 6.79. The van der Waals surface area contributed by atoms with Crippen LogP contribution >= 0.6 is 0 Å². The maximum atomic E-state index is 12.4. The monoisotopic (exact) mass is 421 g/mol. The Kier molecular flexibility index (Phi) is 12.2. The van der Waals surface area contributed by atoms with Crippen LogP contribution in [0.5, 0.6) is 0 Å². The summed E-state index contributed by atoms with van der Waals surface area (Å²) >= 11 is 0. The molecule has 2 heteroatoms. The van der Waals surface area contributed by atoms with Crippen LogP contribution in [0.25, 0.3) is 11.3 Å². The van der Waals surface area contributed by atoms with E-state index in [0.717, 1.165) is 42.0 Å². The highest BCUT2D eigenvalue weighted by Crippen LogP contribution is 2.20. The standard InChI is InChI=1S/C29H43NO/c1-4-6-7-8-9-10-11-15-25-17-22-28(30-23-25)26-18-20-27(21-19-26)29(31)16-13-12-14-24(3)5-2/h17-24H,4-16H2,1-3H3. The lowest BCUT2D eigenvalue weighted by molar-refractivity contribution is 0.0978. The molecule has 0 bridgehead atoms. The van der Waals surface area contributed by atoms with Gasteiger partial charge in [0.15, 0.2) is 5.78 Å². The first-order valence-electron chi connectivity index (χ1n) is 12.7. The van der Waals surface area contributed by atoms with Crippen LogP contribution in [0.1, 0.15) is 114 Å². The maximum absolute atomic E-state index is 12.4. The molecule has 0 aliphatic heterocycles. The Hall–Kier alpha value is -1.96. The second-order valence-corrected chi connectivity index (χ2v) is 9.18. The van der Waals surface area contributed by atoms with Crippen molar-refractivity contribution in [2.45, 2.75) is 104 Å². The Bertz CT molecular complexity index is 732. The fourth-order valence-electron chi connectivity index (χ4n) is 3.98. The summed E-state index contributed by atoms with van der Waals surface area (Å²) in [5.74, 6) is 1.03. The van der Waals surface area contributed by atoms with Crippen LogP contribution in [0.15, 0.2) is 42.6 Å². The van der Waals surface area contributed by atoms with E-state index >= 15 is 0 Å². The fraction of sp³-hybridized carbons (Fsp3) is 0.586. The van der Waals surface area contributed by atoms with Gasteiger partial charge in [0, 0.05) is 23.7 Å². The molecule has 1 aromatic carbocycles. The number of ketones is 1. The van der Waals surface area contributed by atoms with Crippen LogP contribution in [-0.2, 0) is 6.42 Å². The van der Waals surface area contributed by atoms with Gasteiger partial charge in [-0.3, -0.25) is 9.78 Å². The number of hydrogen-bond acceptors (Lipinski definition) is 2. The maximum Gasteiger partial charge on any atom is 0.162 e. The molecule has 1 atom stereocenters. The Morgan fingerprint density at radius 1 is 0.839 bits per heavy atom. The summed E-state index contributed by atoms with van der Waals surface area (Å²) < 4.78 is 0. The minimum atomic E-state index is 0.258. The van der Waals surface area contributed by atoms with Gasteiger partial charge in [0.2, 0.25) is 0 Å². The third-order valence-corrected chi connectivity index (χ3v) is 6.44. The predicted molar refractivity (Wildman–Crippen MR) is 134 cm³/mol. The van der Waals surface area contributed by atoms with E-state index in [9.17, 15) is 4.79 Å². The van der Waals surface area contributed by atoms with Gasteiger partial charge in [-0.1, -0.05) is 109 Å². The molecule has 0 aliphatic rings. The fourth-order valence-corrected chi connectivity index (χ4v) is 3.98. The molecule has 0 saturated heterocycles. The van der Waals surface area contributed by atoms with Crippen molar-refractivity contribution in [3.05, 3.63) is 53.7 Å². The van der Waals surface area contributed by atoms with Crippen LogP contribution in [0, 0.1) is 5.92 Å². The smallest absolute Gasteiger partial charge is 0.162 e. The predicted octanol–water partition coefficient (Wildman–Crippen LogP) is 8.83. The quantitative estimate of drug-likeness (QED) is 0.200. The van der Waals surface area contributed by atoms with E-state index < -0.39 is 0 Å². The molecular formula is C29H43NO. The van der Waals surface area contributed by atoms with Crippen LogP contribution < -0.4 is 0 Å². The van der Waals surface area contributed by atoms with Crippen LogP contribution in [0.2, 0.25) is 0 Å². The van der Waals surface area contributed by atoms with Gasteiger partial charge in [0.05, 0.1) is 5.69 Å². The molecule has 0 saturated carbocycles. The summed E-state index contributed by atoms with van der Waals surface area (Å²) in [5.41, 5.74) is 4.20. The molecule has 0 N–H and O–H groups in total. The number of carbonyl (C=O) groups excluding carboxylic acids is 1. The van der Waals surface area contributed by atoms with Gasteiger partial charge in [-0.05, 0) is 36.8 Å². The zero-order chi connectivity index (χ0) is 22.3. The molecule has 0 amide bonds. The minimum Gasteiger partial charge on any atom is -0.294 e. The zero-order valence-electron chi connectivity index (χ0n) is 20.2. The average Bonchev–Trinajstić information content (AvgIpc) is 2.81. The van der Waals surface area contributed by atoms with Crippen molar-refractivity contribution < 1.29 is 4.79 Å². The van der Waals surface area contributed by atoms with Crippen LogP contribution in [-0.4, -0.2) is 10.8 Å². The van der Waals surface area contributed by atoms with Gasteiger partial charge < -0.3 is 0 Å². The Morgan fingerprint density at radius 2 is 1.55 bits per heavy atom. The third kappa shape index (κ3) is 9.80. The number of rotatable bonds is 16. The number of hydrogen-bond donors (Lipinski definition) is 0. The van der Waals surface area contributed by atoms with E-state index in [2.05, 4.69) is 37.9 Å². The van der Waals surface area contributed by atoms with Gasteiger partial charge in [0.1, 0.15) is 0 Å². The van der Waals surface area contributed by atoms with Crippen LogP contribution in [0.4, 0.5) is 0 Å². The lowest BCUT2D eigenvalue weighted by Gasteiger charge is -2.08. The molecule has 0 aliphatic carbocycles. The first kappa shape index (κ1) is 25.3. The topological polar surface area (TPSA) is 30.0 Å². The second-order valence-electron chi connectivity index (χ2n) is 9.18. The van der Waals surface area contributed by atoms with Crippen molar-refractivity contribution in [2.75, 3.05) is 0 Å². The molecule has 0 fully saturated rings. The lowest BCUT2D eigenvalue weighted by atomic mass is 9.98.